The Balaban J connectivity index is 2.13. The molecule has 1 aromatic carbocycles. The second-order valence-electron chi connectivity index (χ2n) is 4.12. The van der Waals surface area contributed by atoms with Gasteiger partial charge in [0.05, 0.1) is 5.56 Å². The van der Waals surface area contributed by atoms with Crippen molar-refractivity contribution >= 4 is 22.8 Å². The number of aromatic nitrogens is 1. The number of H-pyrrole nitrogens is 1. The SMILES string of the molecule is NCCCNC(N)=NC(=O)c1c[nH]c2ccccc12. The molecule has 100 valence electrons. The Bertz CT molecular complexity index is 602. The summed E-state index contributed by atoms with van der Waals surface area (Å²) in [6.45, 7) is 1.17. The van der Waals surface area contributed by atoms with Crippen LogP contribution in [-0.4, -0.2) is 29.9 Å². The first-order chi connectivity index (χ1) is 9.22. The third kappa shape index (κ3) is 3.11. The average Bonchev–Trinajstić information content (AvgIpc) is 2.83. The normalized spacial score (nSPS) is 11.7. The Hall–Kier alpha value is -2.34. The highest BCUT2D eigenvalue weighted by Crippen LogP contribution is 2.18. The maximum atomic E-state index is 12.0. The van der Waals surface area contributed by atoms with E-state index in [9.17, 15) is 4.79 Å². The number of hydrogen-bond donors (Lipinski definition) is 4. The van der Waals surface area contributed by atoms with Gasteiger partial charge in [0.15, 0.2) is 5.96 Å². The molecule has 0 bridgehead atoms. The third-order valence-electron chi connectivity index (χ3n) is 2.73. The van der Waals surface area contributed by atoms with E-state index in [1.54, 1.807) is 6.20 Å². The summed E-state index contributed by atoms with van der Waals surface area (Å²) in [5.74, 6) is -0.251. The van der Waals surface area contributed by atoms with Crippen LogP contribution in [0.3, 0.4) is 0 Å². The zero-order valence-corrected chi connectivity index (χ0v) is 10.5. The van der Waals surface area contributed by atoms with E-state index in [1.165, 1.54) is 0 Å². The van der Waals surface area contributed by atoms with E-state index in [0.29, 0.717) is 18.7 Å². The van der Waals surface area contributed by atoms with E-state index < -0.39 is 0 Å². The monoisotopic (exact) mass is 259 g/mol. The maximum absolute atomic E-state index is 12.0. The lowest BCUT2D eigenvalue weighted by Crippen LogP contribution is -2.33. The van der Waals surface area contributed by atoms with Gasteiger partial charge in [-0.15, -0.1) is 0 Å². The molecular formula is C13H17N5O. The number of fused-ring (bicyclic) bond motifs is 1. The number of rotatable bonds is 4. The van der Waals surface area contributed by atoms with Crippen molar-refractivity contribution in [3.8, 4) is 0 Å². The molecule has 19 heavy (non-hydrogen) atoms. The van der Waals surface area contributed by atoms with Crippen LogP contribution in [-0.2, 0) is 0 Å². The fourth-order valence-corrected chi connectivity index (χ4v) is 1.78. The van der Waals surface area contributed by atoms with E-state index in [2.05, 4.69) is 15.3 Å². The maximum Gasteiger partial charge on any atom is 0.282 e. The van der Waals surface area contributed by atoms with Crippen molar-refractivity contribution in [3.63, 3.8) is 0 Å². The van der Waals surface area contributed by atoms with Crippen LogP contribution >= 0.6 is 0 Å². The van der Waals surface area contributed by atoms with E-state index in [0.717, 1.165) is 17.3 Å². The summed E-state index contributed by atoms with van der Waals surface area (Å²) in [5, 5.41) is 3.68. The minimum Gasteiger partial charge on any atom is -0.370 e. The van der Waals surface area contributed by atoms with Crippen molar-refractivity contribution in [2.45, 2.75) is 6.42 Å². The molecule has 2 aromatic rings. The number of nitrogens with zero attached hydrogens (tertiary/aromatic N) is 1. The minimum atomic E-state index is -0.366. The highest BCUT2D eigenvalue weighted by atomic mass is 16.1. The molecule has 0 atom stereocenters. The predicted molar refractivity (Wildman–Crippen MR) is 75.9 cm³/mol. The number of nitrogens with two attached hydrogens (primary N) is 2. The van der Waals surface area contributed by atoms with Crippen LogP contribution < -0.4 is 16.8 Å². The molecule has 0 fully saturated rings. The summed E-state index contributed by atoms with van der Waals surface area (Å²) in [4.78, 5) is 18.9. The highest BCUT2D eigenvalue weighted by molar-refractivity contribution is 6.10. The van der Waals surface area contributed by atoms with E-state index in [-0.39, 0.29) is 11.9 Å². The quantitative estimate of drug-likeness (QED) is 0.365. The zero-order chi connectivity index (χ0) is 13.7. The molecule has 6 N–H and O–H groups in total. The molecule has 2 rings (SSSR count). The summed E-state index contributed by atoms with van der Waals surface area (Å²) < 4.78 is 0. The van der Waals surface area contributed by atoms with Gasteiger partial charge in [0.2, 0.25) is 0 Å². The van der Waals surface area contributed by atoms with E-state index >= 15 is 0 Å². The molecule has 0 aliphatic rings. The van der Waals surface area contributed by atoms with E-state index in [4.69, 9.17) is 11.5 Å². The van der Waals surface area contributed by atoms with Gasteiger partial charge in [-0.3, -0.25) is 4.79 Å². The van der Waals surface area contributed by atoms with Crippen LogP contribution in [0.25, 0.3) is 10.9 Å². The van der Waals surface area contributed by atoms with Crippen molar-refractivity contribution in [2.24, 2.45) is 16.5 Å². The Morgan fingerprint density at radius 2 is 2.16 bits per heavy atom. The fraction of sp³-hybridized carbons (Fsp3) is 0.231. The van der Waals surface area contributed by atoms with Crippen LogP contribution in [0.1, 0.15) is 16.8 Å². The van der Waals surface area contributed by atoms with Gasteiger partial charge in [0.25, 0.3) is 5.91 Å². The summed E-state index contributed by atoms with van der Waals surface area (Å²) in [7, 11) is 0. The molecule has 1 aromatic heterocycles. The highest BCUT2D eigenvalue weighted by Gasteiger charge is 2.11. The van der Waals surface area contributed by atoms with Crippen molar-refractivity contribution in [1.82, 2.24) is 10.3 Å². The molecule has 0 saturated heterocycles. The minimum absolute atomic E-state index is 0.115. The molecule has 1 heterocycles. The topological polar surface area (TPSA) is 109 Å². The van der Waals surface area contributed by atoms with Crippen molar-refractivity contribution in [3.05, 3.63) is 36.0 Å². The molecule has 0 spiro atoms. The van der Waals surface area contributed by atoms with Crippen LogP contribution in [0.15, 0.2) is 35.5 Å². The smallest absolute Gasteiger partial charge is 0.282 e. The number of guanidine groups is 1. The first kappa shape index (κ1) is 13.1. The fourth-order valence-electron chi connectivity index (χ4n) is 1.78. The Morgan fingerprint density at radius 3 is 2.95 bits per heavy atom. The number of benzene rings is 1. The first-order valence-electron chi connectivity index (χ1n) is 6.11. The largest absolute Gasteiger partial charge is 0.370 e. The second kappa shape index (κ2) is 6.01. The number of nitrogens with one attached hydrogen (secondary N) is 2. The molecule has 6 nitrogen and oxygen atoms in total. The number of aliphatic imine (C=N–C) groups is 1. The van der Waals surface area contributed by atoms with Gasteiger partial charge in [-0.25, -0.2) is 0 Å². The molecule has 1 amide bonds. The van der Waals surface area contributed by atoms with Gasteiger partial charge in [-0.1, -0.05) is 18.2 Å². The lowest BCUT2D eigenvalue weighted by atomic mass is 10.2. The lowest BCUT2D eigenvalue weighted by molar-refractivity contribution is 0.100. The van der Waals surface area contributed by atoms with Crippen LogP contribution in [0.2, 0.25) is 0 Å². The molecule has 6 heteroatoms. The third-order valence-corrected chi connectivity index (χ3v) is 2.73. The molecule has 0 aliphatic heterocycles. The number of carbonyl (C=O) groups is 1. The van der Waals surface area contributed by atoms with Gasteiger partial charge < -0.3 is 21.8 Å². The van der Waals surface area contributed by atoms with Crippen molar-refractivity contribution in [2.75, 3.05) is 13.1 Å². The van der Waals surface area contributed by atoms with Crippen LogP contribution in [0.5, 0.6) is 0 Å². The number of amides is 1. The van der Waals surface area contributed by atoms with Gasteiger partial charge in [0.1, 0.15) is 0 Å². The number of aromatic amines is 1. The standard InChI is InChI=1S/C13H17N5O/c14-6-3-7-16-13(15)18-12(19)10-8-17-11-5-2-1-4-9(10)11/h1-2,4-5,8,17H,3,6-7,14H2,(H3,15,16,18,19). The van der Waals surface area contributed by atoms with Crippen molar-refractivity contribution < 1.29 is 4.79 Å². The lowest BCUT2D eigenvalue weighted by Gasteiger charge is -2.03. The zero-order valence-electron chi connectivity index (χ0n) is 10.5. The second-order valence-corrected chi connectivity index (χ2v) is 4.12. The molecule has 0 radical (unpaired) electrons. The van der Waals surface area contributed by atoms with Gasteiger partial charge in [-0.2, -0.15) is 4.99 Å². The summed E-state index contributed by atoms with van der Waals surface area (Å²) >= 11 is 0. The first-order valence-corrected chi connectivity index (χ1v) is 6.11. The van der Waals surface area contributed by atoms with Gasteiger partial charge in [-0.05, 0) is 19.0 Å². The molecule has 0 unspecified atom stereocenters. The predicted octanol–water partition coefficient (Wildman–Crippen LogP) is 0.561. The van der Waals surface area contributed by atoms with Gasteiger partial charge in [0, 0.05) is 23.6 Å². The van der Waals surface area contributed by atoms with Crippen molar-refractivity contribution in [1.29, 1.82) is 0 Å². The molecular weight excluding hydrogens is 242 g/mol. The summed E-state index contributed by atoms with van der Waals surface area (Å²) in [6.07, 6.45) is 2.42. The summed E-state index contributed by atoms with van der Waals surface area (Å²) in [6, 6.07) is 7.55. The number of carbonyl (C=O) groups excluding carboxylic acids is 1. The molecule has 0 saturated carbocycles. The van der Waals surface area contributed by atoms with Crippen LogP contribution in [0, 0.1) is 0 Å². The van der Waals surface area contributed by atoms with E-state index in [1.807, 2.05) is 24.3 Å². The average molecular weight is 259 g/mol. The Kier molecular flexibility index (Phi) is 4.15. The number of hydrogen-bond acceptors (Lipinski definition) is 2. The Labute approximate surface area is 110 Å². The summed E-state index contributed by atoms with van der Waals surface area (Å²) in [5.41, 5.74) is 12.4. The van der Waals surface area contributed by atoms with Gasteiger partial charge >= 0.3 is 0 Å². The number of para-hydroxylation sites is 1. The Morgan fingerprint density at radius 1 is 1.37 bits per heavy atom. The van der Waals surface area contributed by atoms with Crippen LogP contribution in [0.4, 0.5) is 0 Å². The molecule has 0 aliphatic carbocycles.